The first-order valence-electron chi connectivity index (χ1n) is 7.64. The zero-order chi connectivity index (χ0) is 17.8. The number of hydrogen-bond donors (Lipinski definition) is 1. The molecule has 1 saturated carbocycles. The van der Waals surface area contributed by atoms with Crippen LogP contribution in [0.3, 0.4) is 0 Å². The fourth-order valence-electron chi connectivity index (χ4n) is 3.49. The monoisotopic (exact) mass is 363 g/mol. The molecule has 1 aliphatic heterocycles. The molecule has 3 amide bonds. The minimum atomic E-state index is -1.21. The van der Waals surface area contributed by atoms with Gasteiger partial charge in [-0.2, -0.15) is 13.8 Å². The zero-order valence-corrected chi connectivity index (χ0v) is 13.6. The molecule has 8 heteroatoms. The molecule has 0 radical (unpaired) electrons. The van der Waals surface area contributed by atoms with Gasteiger partial charge in [0.1, 0.15) is 11.2 Å². The molecule has 1 saturated heterocycles. The molecule has 2 aliphatic rings. The SMILES string of the molecule is O=C1NC2(CC(c3ccccc3Cl)C2)C(=O)N1c1ccc(F)nc1F. The highest BCUT2D eigenvalue weighted by Crippen LogP contribution is 2.49. The summed E-state index contributed by atoms with van der Waals surface area (Å²) in [6.45, 7) is 0. The average Bonchev–Trinajstić information content (AvgIpc) is 2.79. The number of hydrogen-bond acceptors (Lipinski definition) is 3. The van der Waals surface area contributed by atoms with E-state index in [0.29, 0.717) is 22.8 Å². The average molecular weight is 364 g/mol. The maximum absolute atomic E-state index is 13.9. The third-order valence-corrected chi connectivity index (χ3v) is 5.08. The Morgan fingerprint density at radius 1 is 1.16 bits per heavy atom. The largest absolute Gasteiger partial charge is 0.329 e. The van der Waals surface area contributed by atoms with Crippen molar-refractivity contribution < 1.29 is 18.4 Å². The van der Waals surface area contributed by atoms with Gasteiger partial charge in [-0.3, -0.25) is 4.79 Å². The molecular weight excluding hydrogens is 352 g/mol. The van der Waals surface area contributed by atoms with E-state index in [4.69, 9.17) is 11.6 Å². The van der Waals surface area contributed by atoms with Crippen LogP contribution in [0.25, 0.3) is 0 Å². The molecule has 5 nitrogen and oxygen atoms in total. The summed E-state index contributed by atoms with van der Waals surface area (Å²) < 4.78 is 26.8. The summed E-state index contributed by atoms with van der Waals surface area (Å²) in [5, 5.41) is 3.23. The van der Waals surface area contributed by atoms with Gasteiger partial charge < -0.3 is 5.32 Å². The lowest BCUT2D eigenvalue weighted by atomic mass is 9.65. The van der Waals surface area contributed by atoms with Crippen molar-refractivity contribution in [3.63, 3.8) is 0 Å². The first-order valence-corrected chi connectivity index (χ1v) is 8.02. The molecule has 2 heterocycles. The highest BCUT2D eigenvalue weighted by atomic mass is 35.5. The van der Waals surface area contributed by atoms with Gasteiger partial charge in [0.05, 0.1) is 0 Å². The van der Waals surface area contributed by atoms with Gasteiger partial charge in [0.15, 0.2) is 0 Å². The minimum absolute atomic E-state index is 0.0223. The predicted molar refractivity (Wildman–Crippen MR) is 86.3 cm³/mol. The van der Waals surface area contributed by atoms with E-state index in [1.54, 1.807) is 6.07 Å². The Hall–Kier alpha value is -2.54. The lowest BCUT2D eigenvalue weighted by molar-refractivity contribution is -0.125. The number of nitrogens with one attached hydrogen (secondary N) is 1. The van der Waals surface area contributed by atoms with Gasteiger partial charge >= 0.3 is 6.03 Å². The molecule has 0 bridgehead atoms. The number of aromatic nitrogens is 1. The number of amides is 3. The smallest absolute Gasteiger partial charge is 0.323 e. The second-order valence-electron chi connectivity index (χ2n) is 6.22. The maximum Gasteiger partial charge on any atom is 0.329 e. The predicted octanol–water partition coefficient (Wildman–Crippen LogP) is 3.39. The van der Waals surface area contributed by atoms with Gasteiger partial charge in [0.25, 0.3) is 5.91 Å². The van der Waals surface area contributed by atoms with Crippen molar-refractivity contribution in [1.29, 1.82) is 0 Å². The van der Waals surface area contributed by atoms with E-state index in [1.807, 2.05) is 18.2 Å². The van der Waals surface area contributed by atoms with Crippen molar-refractivity contribution in [2.75, 3.05) is 4.90 Å². The number of benzene rings is 1. The van der Waals surface area contributed by atoms with Crippen LogP contribution in [-0.4, -0.2) is 22.5 Å². The van der Waals surface area contributed by atoms with Crippen molar-refractivity contribution in [3.8, 4) is 0 Å². The quantitative estimate of drug-likeness (QED) is 0.657. The standard InChI is InChI=1S/C17H12ClF2N3O2/c18-11-4-2-1-3-10(11)9-7-17(8-9)15(24)23(16(25)22-17)12-5-6-13(19)21-14(12)20/h1-6,9H,7-8H2,(H,22,25). The van der Waals surface area contributed by atoms with Gasteiger partial charge in [-0.25, -0.2) is 9.69 Å². The molecule has 1 aromatic heterocycles. The fraction of sp³-hybridized carbons (Fsp3) is 0.235. The van der Waals surface area contributed by atoms with Crippen LogP contribution in [0.5, 0.6) is 0 Å². The molecule has 2 aromatic rings. The molecule has 128 valence electrons. The Kier molecular flexibility index (Phi) is 3.50. The topological polar surface area (TPSA) is 62.3 Å². The van der Waals surface area contributed by atoms with E-state index in [0.717, 1.165) is 17.7 Å². The summed E-state index contributed by atoms with van der Waals surface area (Å²) in [7, 11) is 0. The summed E-state index contributed by atoms with van der Waals surface area (Å²) in [5.74, 6) is -2.77. The van der Waals surface area contributed by atoms with E-state index >= 15 is 0 Å². The molecule has 1 N–H and O–H groups in total. The molecule has 1 spiro atoms. The zero-order valence-electron chi connectivity index (χ0n) is 12.8. The van der Waals surface area contributed by atoms with Crippen LogP contribution in [-0.2, 0) is 4.79 Å². The fourth-order valence-corrected chi connectivity index (χ4v) is 3.78. The van der Waals surface area contributed by atoms with Crippen LogP contribution in [0, 0.1) is 11.9 Å². The Morgan fingerprint density at radius 3 is 2.56 bits per heavy atom. The first kappa shape index (κ1) is 16.0. The molecule has 2 fully saturated rings. The van der Waals surface area contributed by atoms with Crippen LogP contribution in [0.15, 0.2) is 36.4 Å². The van der Waals surface area contributed by atoms with E-state index in [9.17, 15) is 18.4 Å². The minimum Gasteiger partial charge on any atom is -0.323 e. The molecule has 25 heavy (non-hydrogen) atoms. The lowest BCUT2D eigenvalue weighted by Crippen LogP contribution is -2.56. The van der Waals surface area contributed by atoms with Crippen LogP contribution in [0.1, 0.15) is 24.3 Å². The number of halogens is 3. The molecular formula is C17H12ClF2N3O2. The summed E-state index contributed by atoms with van der Waals surface area (Å²) >= 11 is 6.18. The molecule has 1 aliphatic carbocycles. The van der Waals surface area contributed by atoms with E-state index in [2.05, 4.69) is 10.3 Å². The number of carbonyl (C=O) groups is 2. The van der Waals surface area contributed by atoms with Gasteiger partial charge in [-0.15, -0.1) is 0 Å². The first-order chi connectivity index (χ1) is 11.9. The number of pyridine rings is 1. The number of carbonyl (C=O) groups excluding carboxylic acids is 2. The Balaban J connectivity index is 1.60. The normalized spacial score (nSPS) is 25.2. The summed E-state index contributed by atoms with van der Waals surface area (Å²) in [6, 6.07) is 8.50. The van der Waals surface area contributed by atoms with Crippen molar-refractivity contribution in [1.82, 2.24) is 10.3 Å². The molecule has 0 atom stereocenters. The third kappa shape index (κ3) is 2.38. The van der Waals surface area contributed by atoms with Gasteiger partial charge in [0.2, 0.25) is 11.9 Å². The molecule has 1 aromatic carbocycles. The molecule has 0 unspecified atom stereocenters. The van der Waals surface area contributed by atoms with Crippen LogP contribution < -0.4 is 10.2 Å². The van der Waals surface area contributed by atoms with E-state index in [1.165, 1.54) is 0 Å². The Labute approximate surface area is 146 Å². The number of imide groups is 1. The number of anilines is 1. The van der Waals surface area contributed by atoms with Crippen LogP contribution >= 0.6 is 11.6 Å². The van der Waals surface area contributed by atoms with Crippen LogP contribution in [0.2, 0.25) is 5.02 Å². The van der Waals surface area contributed by atoms with E-state index in [-0.39, 0.29) is 11.6 Å². The summed E-state index contributed by atoms with van der Waals surface area (Å²) in [4.78, 5) is 28.7. The highest BCUT2D eigenvalue weighted by molar-refractivity contribution is 6.31. The van der Waals surface area contributed by atoms with E-state index < -0.39 is 29.4 Å². The molecule has 4 rings (SSSR count). The lowest BCUT2D eigenvalue weighted by Gasteiger charge is -2.43. The van der Waals surface area contributed by atoms with Gasteiger partial charge in [-0.05, 0) is 42.5 Å². The number of nitrogens with zero attached hydrogens (tertiary/aromatic N) is 2. The summed E-state index contributed by atoms with van der Waals surface area (Å²) in [6.07, 6.45) is 0.738. The Morgan fingerprint density at radius 2 is 1.88 bits per heavy atom. The highest BCUT2D eigenvalue weighted by Gasteiger charge is 2.59. The second-order valence-corrected chi connectivity index (χ2v) is 6.63. The van der Waals surface area contributed by atoms with Crippen LogP contribution in [0.4, 0.5) is 19.3 Å². The van der Waals surface area contributed by atoms with Gasteiger partial charge in [-0.1, -0.05) is 29.8 Å². The number of rotatable bonds is 2. The van der Waals surface area contributed by atoms with Gasteiger partial charge in [0, 0.05) is 5.02 Å². The summed E-state index contributed by atoms with van der Waals surface area (Å²) in [5.41, 5.74) is -0.534. The maximum atomic E-state index is 13.9. The third-order valence-electron chi connectivity index (χ3n) is 4.73. The van der Waals surface area contributed by atoms with Crippen molar-refractivity contribution >= 4 is 29.2 Å². The van der Waals surface area contributed by atoms with Crippen molar-refractivity contribution in [3.05, 3.63) is 58.9 Å². The van der Waals surface area contributed by atoms with Crippen molar-refractivity contribution in [2.24, 2.45) is 0 Å². The Bertz CT molecular complexity index is 899. The van der Waals surface area contributed by atoms with Crippen molar-refractivity contribution in [2.45, 2.75) is 24.3 Å². The second kappa shape index (κ2) is 5.49. The number of urea groups is 1.